The van der Waals surface area contributed by atoms with Gasteiger partial charge in [0.05, 0.1) is 34.0 Å². The van der Waals surface area contributed by atoms with Crippen molar-refractivity contribution in [3.8, 4) is 11.4 Å². The molecule has 31 heavy (non-hydrogen) atoms. The minimum atomic E-state index is -0.122. The zero-order valence-electron chi connectivity index (χ0n) is 17.0. The highest BCUT2D eigenvalue weighted by Crippen LogP contribution is 2.32. The number of carbonyl (C=O) groups excluding carboxylic acids is 1. The van der Waals surface area contributed by atoms with Gasteiger partial charge in [0.2, 0.25) is 5.95 Å². The molecule has 2 unspecified atom stereocenters. The fourth-order valence-electron chi connectivity index (χ4n) is 3.92. The molecule has 1 N–H and O–H groups in total. The van der Waals surface area contributed by atoms with Gasteiger partial charge in [0, 0.05) is 31.0 Å². The summed E-state index contributed by atoms with van der Waals surface area (Å²) in [6.07, 6.45) is 8.36. The molecule has 160 valence electrons. The van der Waals surface area contributed by atoms with Gasteiger partial charge in [-0.1, -0.05) is 42.3 Å². The molecule has 0 bridgehead atoms. The molecule has 3 aromatic rings. The Kier molecular flexibility index (Phi) is 6.63. The number of piperidine rings is 1. The summed E-state index contributed by atoms with van der Waals surface area (Å²) in [5, 5.41) is 4.10. The number of hydrogen-bond donors (Lipinski definition) is 1. The van der Waals surface area contributed by atoms with Crippen LogP contribution in [0.3, 0.4) is 0 Å². The monoisotopic (exact) mass is 456 g/mol. The first-order valence-electron chi connectivity index (χ1n) is 10.1. The molecule has 1 aromatic carbocycles. The number of nitrogens with zero attached hydrogens (tertiary/aromatic N) is 5. The molecule has 7 nitrogen and oxygen atoms in total. The quantitative estimate of drug-likeness (QED) is 0.603. The van der Waals surface area contributed by atoms with Crippen LogP contribution in [0.1, 0.15) is 30.1 Å². The fraction of sp³-hybridized carbons (Fsp3) is 0.318. The number of carbonyl (C=O) groups is 1. The zero-order chi connectivity index (χ0) is 21.8. The van der Waals surface area contributed by atoms with Crippen molar-refractivity contribution < 1.29 is 4.79 Å². The molecule has 3 heterocycles. The third kappa shape index (κ3) is 4.78. The standard InChI is InChI=1S/C22H22Cl2N6O/c1-14-5-3-10-30(18(14)13-29-22-27-11-15(23)12-28-22)21(31)19-16(6-2-7-17(19)24)20-25-8-4-9-26-20/h2,4,6-9,11-12,14,18H,3,5,10,13H2,1H3,(H,27,28,29). The SMILES string of the molecule is CC1CCCN(C(=O)c2c(Cl)cccc2-c2ncccn2)C1CNc1ncc(Cl)cn1. The van der Waals surface area contributed by atoms with Crippen molar-refractivity contribution >= 4 is 35.1 Å². The molecule has 0 radical (unpaired) electrons. The molecule has 1 aliphatic heterocycles. The lowest BCUT2D eigenvalue weighted by Crippen LogP contribution is -2.51. The summed E-state index contributed by atoms with van der Waals surface area (Å²) in [5.74, 6) is 1.13. The summed E-state index contributed by atoms with van der Waals surface area (Å²) in [4.78, 5) is 32.6. The maximum absolute atomic E-state index is 13.7. The lowest BCUT2D eigenvalue weighted by molar-refractivity contribution is 0.0541. The maximum atomic E-state index is 13.7. The predicted octanol–water partition coefficient (Wildman–Crippen LogP) is 4.59. The van der Waals surface area contributed by atoms with Gasteiger partial charge >= 0.3 is 0 Å². The summed E-state index contributed by atoms with van der Waals surface area (Å²) in [6, 6.07) is 7.06. The number of halogens is 2. The molecule has 0 spiro atoms. The summed E-state index contributed by atoms with van der Waals surface area (Å²) in [7, 11) is 0. The highest BCUT2D eigenvalue weighted by atomic mass is 35.5. The Bertz CT molecular complexity index is 1050. The van der Waals surface area contributed by atoms with Crippen molar-refractivity contribution in [2.75, 3.05) is 18.4 Å². The van der Waals surface area contributed by atoms with E-state index in [1.54, 1.807) is 43.0 Å². The second kappa shape index (κ2) is 9.58. The average Bonchev–Trinajstić information content (AvgIpc) is 2.79. The summed E-state index contributed by atoms with van der Waals surface area (Å²) < 4.78 is 0. The van der Waals surface area contributed by atoms with E-state index in [-0.39, 0.29) is 11.9 Å². The van der Waals surface area contributed by atoms with Crippen LogP contribution < -0.4 is 5.32 Å². The van der Waals surface area contributed by atoms with E-state index in [1.165, 1.54) is 0 Å². The lowest BCUT2D eigenvalue weighted by Gasteiger charge is -2.40. The maximum Gasteiger partial charge on any atom is 0.256 e. The van der Waals surface area contributed by atoms with E-state index in [1.807, 2.05) is 11.0 Å². The van der Waals surface area contributed by atoms with Gasteiger partial charge in [0.15, 0.2) is 5.82 Å². The number of rotatable bonds is 5. The van der Waals surface area contributed by atoms with Gasteiger partial charge in [0.1, 0.15) is 0 Å². The van der Waals surface area contributed by atoms with Crippen molar-refractivity contribution in [1.82, 2.24) is 24.8 Å². The van der Waals surface area contributed by atoms with Crippen LogP contribution in [-0.4, -0.2) is 49.9 Å². The van der Waals surface area contributed by atoms with Gasteiger partial charge in [-0.25, -0.2) is 19.9 Å². The summed E-state index contributed by atoms with van der Waals surface area (Å²) in [6.45, 7) is 3.33. The van der Waals surface area contributed by atoms with E-state index in [2.05, 4.69) is 32.2 Å². The van der Waals surface area contributed by atoms with E-state index >= 15 is 0 Å². The molecule has 1 amide bonds. The van der Waals surface area contributed by atoms with Crippen LogP contribution in [0.15, 0.2) is 49.1 Å². The van der Waals surface area contributed by atoms with E-state index in [0.717, 1.165) is 12.8 Å². The van der Waals surface area contributed by atoms with Crippen LogP contribution >= 0.6 is 23.2 Å². The van der Waals surface area contributed by atoms with Gasteiger partial charge in [-0.05, 0) is 30.9 Å². The van der Waals surface area contributed by atoms with Crippen molar-refractivity contribution in [1.29, 1.82) is 0 Å². The highest BCUT2D eigenvalue weighted by molar-refractivity contribution is 6.34. The number of hydrogen-bond acceptors (Lipinski definition) is 6. The number of amides is 1. The number of benzene rings is 1. The number of likely N-dealkylation sites (tertiary alicyclic amines) is 1. The molecule has 2 aromatic heterocycles. The second-order valence-electron chi connectivity index (χ2n) is 7.53. The normalized spacial score (nSPS) is 18.6. The number of aromatic nitrogens is 4. The van der Waals surface area contributed by atoms with Gasteiger partial charge in [-0.15, -0.1) is 0 Å². The van der Waals surface area contributed by atoms with Crippen LogP contribution in [0.5, 0.6) is 0 Å². The topological polar surface area (TPSA) is 83.9 Å². The lowest BCUT2D eigenvalue weighted by atomic mass is 9.89. The number of nitrogens with one attached hydrogen (secondary N) is 1. The van der Waals surface area contributed by atoms with Gasteiger partial charge < -0.3 is 10.2 Å². The first-order chi connectivity index (χ1) is 15.0. The molecular weight excluding hydrogens is 435 g/mol. The second-order valence-corrected chi connectivity index (χ2v) is 8.37. The molecule has 2 atom stereocenters. The molecule has 1 saturated heterocycles. The largest absolute Gasteiger partial charge is 0.352 e. The predicted molar refractivity (Wildman–Crippen MR) is 121 cm³/mol. The van der Waals surface area contributed by atoms with Gasteiger partial charge in [0.25, 0.3) is 5.91 Å². The van der Waals surface area contributed by atoms with Crippen molar-refractivity contribution in [3.63, 3.8) is 0 Å². The highest BCUT2D eigenvalue weighted by Gasteiger charge is 2.34. The Hall–Kier alpha value is -2.77. The van der Waals surface area contributed by atoms with Crippen LogP contribution in [-0.2, 0) is 0 Å². The minimum Gasteiger partial charge on any atom is -0.352 e. The molecular formula is C22H22Cl2N6O. The smallest absolute Gasteiger partial charge is 0.256 e. The third-order valence-corrected chi connectivity index (χ3v) is 6.01. The molecule has 1 fully saturated rings. The Morgan fingerprint density at radius 3 is 2.61 bits per heavy atom. The van der Waals surface area contributed by atoms with Crippen LogP contribution in [0.2, 0.25) is 10.0 Å². The Morgan fingerprint density at radius 1 is 1.13 bits per heavy atom. The van der Waals surface area contributed by atoms with E-state index < -0.39 is 0 Å². The third-order valence-electron chi connectivity index (χ3n) is 5.50. The molecule has 0 saturated carbocycles. The van der Waals surface area contributed by atoms with Crippen LogP contribution in [0, 0.1) is 5.92 Å². The molecule has 1 aliphatic rings. The first kappa shape index (κ1) is 21.5. The first-order valence-corrected chi connectivity index (χ1v) is 10.9. The average molecular weight is 457 g/mol. The number of anilines is 1. The zero-order valence-corrected chi connectivity index (χ0v) is 18.5. The Balaban J connectivity index is 1.62. The minimum absolute atomic E-state index is 0.0404. The molecule has 4 rings (SSSR count). The Morgan fingerprint density at radius 2 is 1.87 bits per heavy atom. The molecule has 9 heteroatoms. The fourth-order valence-corrected chi connectivity index (χ4v) is 4.27. The Labute approximate surface area is 190 Å². The van der Waals surface area contributed by atoms with Crippen molar-refractivity contribution in [2.45, 2.75) is 25.8 Å². The van der Waals surface area contributed by atoms with Crippen LogP contribution in [0.4, 0.5) is 5.95 Å². The summed E-state index contributed by atoms with van der Waals surface area (Å²) >= 11 is 12.4. The van der Waals surface area contributed by atoms with E-state index in [4.69, 9.17) is 23.2 Å². The van der Waals surface area contributed by atoms with E-state index in [9.17, 15) is 4.79 Å². The van der Waals surface area contributed by atoms with Gasteiger partial charge in [-0.2, -0.15) is 0 Å². The van der Waals surface area contributed by atoms with Crippen molar-refractivity contribution in [2.24, 2.45) is 5.92 Å². The van der Waals surface area contributed by atoms with Crippen molar-refractivity contribution in [3.05, 3.63) is 64.7 Å². The summed E-state index contributed by atoms with van der Waals surface area (Å²) in [5.41, 5.74) is 1.06. The molecule has 0 aliphatic carbocycles. The van der Waals surface area contributed by atoms with Gasteiger partial charge in [-0.3, -0.25) is 4.79 Å². The van der Waals surface area contributed by atoms with Crippen LogP contribution in [0.25, 0.3) is 11.4 Å². The van der Waals surface area contributed by atoms with E-state index in [0.29, 0.717) is 52.0 Å².